The molecule has 0 bridgehead atoms. The molecule has 2 fully saturated rings. The van der Waals surface area contributed by atoms with Gasteiger partial charge in [-0.2, -0.15) is 0 Å². The van der Waals surface area contributed by atoms with Crippen molar-refractivity contribution in [1.82, 2.24) is 0 Å². The van der Waals surface area contributed by atoms with Crippen molar-refractivity contribution in [3.8, 4) is 22.6 Å². The third-order valence-electron chi connectivity index (χ3n) is 4.17. The van der Waals surface area contributed by atoms with Gasteiger partial charge >= 0.3 is 0 Å². The second-order valence-corrected chi connectivity index (χ2v) is 6.01. The lowest BCUT2D eigenvalue weighted by Gasteiger charge is -2.10. The van der Waals surface area contributed by atoms with Gasteiger partial charge in [0.25, 0.3) is 0 Å². The van der Waals surface area contributed by atoms with Gasteiger partial charge in [0.15, 0.2) is 0 Å². The molecule has 2 aliphatic rings. The molecule has 2 unspecified atom stereocenters. The Hall–Kier alpha value is -2.04. The van der Waals surface area contributed by atoms with Crippen LogP contribution in [0.15, 0.2) is 36.4 Å². The van der Waals surface area contributed by atoms with Gasteiger partial charge in [-0.3, -0.25) is 0 Å². The first kappa shape index (κ1) is 13.6. The first-order valence-electron chi connectivity index (χ1n) is 7.56. The number of phenols is 2. The van der Waals surface area contributed by atoms with Gasteiger partial charge in [0, 0.05) is 18.4 Å². The second-order valence-electron chi connectivity index (χ2n) is 6.01. The van der Waals surface area contributed by atoms with E-state index in [-0.39, 0.29) is 17.6 Å². The minimum Gasteiger partial charge on any atom is -0.508 e. The molecule has 4 rings (SSSR count). The third kappa shape index (κ3) is 2.93. The van der Waals surface area contributed by atoms with Crippen LogP contribution in [0.2, 0.25) is 0 Å². The van der Waals surface area contributed by atoms with E-state index in [9.17, 15) is 10.2 Å². The van der Waals surface area contributed by atoms with Crippen molar-refractivity contribution < 1.29 is 19.7 Å². The normalized spacial score (nSPS) is 22.5. The molecule has 2 aromatic rings. The Bertz CT molecular complexity index is 702. The molecule has 2 saturated heterocycles. The zero-order chi connectivity index (χ0) is 15.1. The monoisotopic (exact) mass is 298 g/mol. The summed E-state index contributed by atoms with van der Waals surface area (Å²) in [5.41, 5.74) is 3.70. The van der Waals surface area contributed by atoms with Crippen LogP contribution in [-0.4, -0.2) is 35.6 Å². The van der Waals surface area contributed by atoms with Gasteiger partial charge in [0.1, 0.15) is 11.5 Å². The average molecular weight is 298 g/mol. The van der Waals surface area contributed by atoms with Gasteiger partial charge in [-0.25, -0.2) is 0 Å². The largest absolute Gasteiger partial charge is 0.508 e. The van der Waals surface area contributed by atoms with Gasteiger partial charge < -0.3 is 19.7 Å². The maximum atomic E-state index is 10.2. The number of hydrogen-bond acceptors (Lipinski definition) is 4. The fraction of sp³-hybridized carbons (Fsp3) is 0.333. The highest BCUT2D eigenvalue weighted by molar-refractivity contribution is 5.72. The van der Waals surface area contributed by atoms with Crippen LogP contribution in [0.4, 0.5) is 0 Å². The molecule has 2 heterocycles. The van der Waals surface area contributed by atoms with E-state index in [1.807, 2.05) is 24.3 Å². The van der Waals surface area contributed by atoms with Crippen molar-refractivity contribution in [3.05, 3.63) is 47.5 Å². The molecule has 2 atom stereocenters. The van der Waals surface area contributed by atoms with Gasteiger partial charge in [-0.1, -0.05) is 12.1 Å². The number of phenolic OH excluding ortho intramolecular Hbond substituents is 2. The number of ether oxygens (including phenoxy) is 2. The van der Waals surface area contributed by atoms with Gasteiger partial charge in [0.2, 0.25) is 0 Å². The number of epoxide rings is 2. The summed E-state index contributed by atoms with van der Waals surface area (Å²) in [4.78, 5) is 0. The lowest BCUT2D eigenvalue weighted by molar-refractivity contribution is 0.402. The molecule has 0 saturated carbocycles. The van der Waals surface area contributed by atoms with Crippen LogP contribution in [-0.2, 0) is 22.3 Å². The molecule has 114 valence electrons. The summed E-state index contributed by atoms with van der Waals surface area (Å²) in [6.07, 6.45) is 2.11. The molecule has 0 amide bonds. The maximum absolute atomic E-state index is 10.2. The topological polar surface area (TPSA) is 65.5 Å². The van der Waals surface area contributed by atoms with Gasteiger partial charge in [-0.15, -0.1) is 0 Å². The number of aromatic hydroxyl groups is 2. The van der Waals surface area contributed by atoms with E-state index in [4.69, 9.17) is 9.47 Å². The van der Waals surface area contributed by atoms with Crippen molar-refractivity contribution in [2.45, 2.75) is 25.0 Å². The summed E-state index contributed by atoms with van der Waals surface area (Å²) in [6, 6.07) is 11.1. The summed E-state index contributed by atoms with van der Waals surface area (Å²) in [5.74, 6) is 0.529. The third-order valence-corrected chi connectivity index (χ3v) is 4.17. The quantitative estimate of drug-likeness (QED) is 0.833. The highest BCUT2D eigenvalue weighted by Gasteiger charge is 2.25. The first-order chi connectivity index (χ1) is 10.7. The van der Waals surface area contributed by atoms with Crippen LogP contribution in [0.25, 0.3) is 11.1 Å². The molecule has 4 heteroatoms. The molecule has 4 nitrogen and oxygen atoms in total. The molecule has 2 aromatic carbocycles. The zero-order valence-electron chi connectivity index (χ0n) is 12.2. The smallest absolute Gasteiger partial charge is 0.123 e. The summed E-state index contributed by atoms with van der Waals surface area (Å²) in [5, 5.41) is 20.1. The molecule has 22 heavy (non-hydrogen) atoms. The van der Waals surface area contributed by atoms with Crippen LogP contribution in [0, 0.1) is 0 Å². The van der Waals surface area contributed by atoms with Crippen LogP contribution in [0.1, 0.15) is 11.1 Å². The molecule has 0 spiro atoms. The summed E-state index contributed by atoms with van der Waals surface area (Å²) in [6.45, 7) is 1.58. The summed E-state index contributed by atoms with van der Waals surface area (Å²) >= 11 is 0. The highest BCUT2D eigenvalue weighted by Crippen LogP contribution is 2.34. The van der Waals surface area contributed by atoms with E-state index < -0.39 is 0 Å². The van der Waals surface area contributed by atoms with E-state index in [1.165, 1.54) is 0 Å². The summed E-state index contributed by atoms with van der Waals surface area (Å²) in [7, 11) is 0. The predicted molar refractivity (Wildman–Crippen MR) is 82.1 cm³/mol. The fourth-order valence-corrected chi connectivity index (χ4v) is 2.74. The Morgan fingerprint density at radius 2 is 1.55 bits per heavy atom. The van der Waals surface area contributed by atoms with Gasteiger partial charge in [-0.05, 0) is 41.0 Å². The van der Waals surface area contributed by atoms with E-state index >= 15 is 0 Å². The second kappa shape index (κ2) is 5.30. The molecular formula is C18H18O4. The van der Waals surface area contributed by atoms with Crippen LogP contribution in [0.5, 0.6) is 11.5 Å². The fourth-order valence-electron chi connectivity index (χ4n) is 2.74. The maximum Gasteiger partial charge on any atom is 0.123 e. The Balaban J connectivity index is 1.67. The SMILES string of the molecule is Oc1ccc(-c2cc(CC3CO3)ccc2O)cc1CC1CO1. The number of benzene rings is 2. The Kier molecular flexibility index (Phi) is 3.28. The van der Waals surface area contributed by atoms with E-state index in [0.29, 0.717) is 12.5 Å². The average Bonchev–Trinajstić information content (AvgIpc) is 3.39. The molecule has 0 aromatic heterocycles. The van der Waals surface area contributed by atoms with E-state index in [1.54, 1.807) is 12.1 Å². The van der Waals surface area contributed by atoms with Crippen LogP contribution in [0.3, 0.4) is 0 Å². The first-order valence-corrected chi connectivity index (χ1v) is 7.56. The number of hydrogen-bond donors (Lipinski definition) is 2. The van der Waals surface area contributed by atoms with Gasteiger partial charge in [0.05, 0.1) is 25.4 Å². The standard InChI is InChI=1S/C18H18O4/c19-17-4-2-12(7-13(17)8-15-10-22-15)16-6-11(1-3-18(16)20)5-14-9-21-14/h1-4,6-7,14-15,19-20H,5,8-10H2. The molecule has 0 radical (unpaired) electrons. The van der Waals surface area contributed by atoms with Crippen LogP contribution >= 0.6 is 0 Å². The highest BCUT2D eigenvalue weighted by atomic mass is 16.6. The minimum absolute atomic E-state index is 0.216. The number of rotatable bonds is 5. The summed E-state index contributed by atoms with van der Waals surface area (Å²) < 4.78 is 10.5. The Morgan fingerprint density at radius 1 is 0.864 bits per heavy atom. The van der Waals surface area contributed by atoms with Crippen molar-refractivity contribution in [3.63, 3.8) is 0 Å². The molecule has 2 N–H and O–H groups in total. The lowest BCUT2D eigenvalue weighted by atomic mass is 9.97. The molecule has 0 aliphatic carbocycles. The van der Waals surface area contributed by atoms with E-state index in [0.717, 1.165) is 41.9 Å². The van der Waals surface area contributed by atoms with Crippen molar-refractivity contribution in [1.29, 1.82) is 0 Å². The molecule has 2 aliphatic heterocycles. The minimum atomic E-state index is 0.216. The lowest BCUT2D eigenvalue weighted by Crippen LogP contribution is -1.96. The molecular weight excluding hydrogens is 280 g/mol. The Labute approximate surface area is 128 Å². The van der Waals surface area contributed by atoms with Crippen molar-refractivity contribution >= 4 is 0 Å². The zero-order valence-corrected chi connectivity index (χ0v) is 12.2. The van der Waals surface area contributed by atoms with E-state index in [2.05, 4.69) is 0 Å². The van der Waals surface area contributed by atoms with Crippen molar-refractivity contribution in [2.75, 3.05) is 13.2 Å². The van der Waals surface area contributed by atoms with Crippen LogP contribution < -0.4 is 0 Å². The predicted octanol–water partition coefficient (Wildman–Crippen LogP) is 2.65. The van der Waals surface area contributed by atoms with Crippen molar-refractivity contribution in [2.24, 2.45) is 0 Å². The Morgan fingerprint density at radius 3 is 2.27 bits per heavy atom.